The summed E-state index contributed by atoms with van der Waals surface area (Å²) in [5.74, 6) is -5.63. The van der Waals surface area contributed by atoms with E-state index in [4.69, 9.17) is 19.2 Å². The summed E-state index contributed by atoms with van der Waals surface area (Å²) in [6.07, 6.45) is 1.29. The molecule has 0 spiro atoms. The van der Waals surface area contributed by atoms with Gasteiger partial charge in [0.2, 0.25) is 35.4 Å². The fourth-order valence-electron chi connectivity index (χ4n) is 9.37. The van der Waals surface area contributed by atoms with Crippen LogP contribution in [0.3, 0.4) is 0 Å². The van der Waals surface area contributed by atoms with Crippen molar-refractivity contribution in [1.29, 1.82) is 0 Å². The maximum Gasteiger partial charge on any atom is 0.340 e. The van der Waals surface area contributed by atoms with Gasteiger partial charge in [-0.2, -0.15) is 0 Å². The number of benzene rings is 2. The Bertz CT molecular complexity index is 3230. The number of carbonyl (C=O) groups is 9. The third kappa shape index (κ3) is 15.0. The largest absolute Gasteiger partial charge is 0.458 e. The highest BCUT2D eigenvalue weighted by molar-refractivity contribution is 6.13. The molecule has 7 rings (SSSR count). The van der Waals surface area contributed by atoms with Crippen molar-refractivity contribution in [2.24, 2.45) is 0 Å². The minimum atomic E-state index is -1.69. The Hall–Kier alpha value is -8.22. The first-order valence-electron chi connectivity index (χ1n) is 26.5. The Morgan fingerprint density at radius 3 is 2.17 bits per heavy atom. The van der Waals surface area contributed by atoms with Crippen LogP contribution >= 0.6 is 0 Å². The van der Waals surface area contributed by atoms with Gasteiger partial charge in [0, 0.05) is 79.4 Å². The molecule has 2 aromatic heterocycles. The second kappa shape index (κ2) is 25.5. The Kier molecular flexibility index (Phi) is 19.0. The number of aromatic nitrogens is 2. The number of ether oxygens (including phenoxy) is 3. The molecule has 81 heavy (non-hydrogen) atoms. The van der Waals surface area contributed by atoms with Gasteiger partial charge in [-0.25, -0.2) is 14.2 Å². The maximum atomic E-state index is 15.2. The van der Waals surface area contributed by atoms with Gasteiger partial charge in [-0.05, 0) is 97.1 Å². The number of carbonyl (C=O) groups excluding carboxylic acids is 9. The normalized spacial score (nSPS) is 15.7. The molecule has 0 radical (unpaired) electrons. The second-order valence-electron chi connectivity index (χ2n) is 21.6. The number of amides is 8. The summed E-state index contributed by atoms with van der Waals surface area (Å²) in [5, 5.41) is 24.3. The quantitative estimate of drug-likeness (QED) is 0.0212. The van der Waals surface area contributed by atoms with E-state index < -0.39 is 107 Å². The monoisotopic (exact) mass is 1120 g/mol. The molecule has 0 fully saturated rings. The smallest absolute Gasteiger partial charge is 0.340 e. The molecule has 0 unspecified atom stereocenters. The van der Waals surface area contributed by atoms with Crippen LogP contribution < -0.4 is 32.1 Å². The number of halogens is 1. The standard InChI is InChI=1S/C57H68FN9O14/c1-31-22-36-38(39-27-67-43(49(39)63-42(36)24-41(31)58)23-37-40(54(67)77)28-80-55(78)50(37)73)26-65(25-35-12-10-9-11-13-35)48(72)29-79-30-59-51(74)32(2)61-53(76)34(4)62-52(75)33(3)60-44(68)16-18-57(7,8)81-21-19-56(5,6)64-45(69)17-20-66-46(70)14-15-47(66)71/h9-15,22-24,32-34,50,73H,16-21,25-30H2,1-8H3,(H,59,74)(H,60,68)(H,61,76)(H,62,75)(H,64,69)/t32-,33-,34+,50-/m0/s1. The number of imide groups is 1. The van der Waals surface area contributed by atoms with Gasteiger partial charge in [0.1, 0.15) is 43.9 Å². The number of cyclic esters (lactones) is 1. The summed E-state index contributed by atoms with van der Waals surface area (Å²) in [6.45, 7) is 12.1. The number of rotatable bonds is 25. The highest BCUT2D eigenvalue weighted by atomic mass is 19.1. The zero-order valence-electron chi connectivity index (χ0n) is 46.5. The lowest BCUT2D eigenvalue weighted by molar-refractivity contribution is -0.157. The third-order valence-corrected chi connectivity index (χ3v) is 14.2. The van der Waals surface area contributed by atoms with Crippen LogP contribution in [0.2, 0.25) is 0 Å². The maximum absolute atomic E-state index is 15.2. The number of esters is 1. The van der Waals surface area contributed by atoms with Gasteiger partial charge in [-0.1, -0.05) is 30.3 Å². The lowest BCUT2D eigenvalue weighted by atomic mass is 9.97. The molecule has 0 aliphatic carbocycles. The molecule has 23 nitrogen and oxygen atoms in total. The molecule has 6 N–H and O–H groups in total. The Morgan fingerprint density at radius 2 is 1.49 bits per heavy atom. The molecule has 0 bridgehead atoms. The van der Waals surface area contributed by atoms with Gasteiger partial charge in [0.05, 0.1) is 34.6 Å². The molecular weight excluding hydrogens is 1050 g/mol. The molecule has 5 heterocycles. The number of aryl methyl sites for hydroxylation is 1. The van der Waals surface area contributed by atoms with E-state index in [0.29, 0.717) is 39.9 Å². The van der Waals surface area contributed by atoms with Gasteiger partial charge in [0.25, 0.3) is 17.4 Å². The average Bonchev–Trinajstić information content (AvgIpc) is 3.21. The van der Waals surface area contributed by atoms with Crippen molar-refractivity contribution in [3.8, 4) is 11.4 Å². The highest BCUT2D eigenvalue weighted by Gasteiger charge is 2.36. The number of hydrogen-bond acceptors (Lipinski definition) is 15. The first-order valence-corrected chi connectivity index (χ1v) is 26.5. The number of nitrogens with one attached hydrogen (secondary N) is 5. The van der Waals surface area contributed by atoms with Crippen LogP contribution in [0.1, 0.15) is 114 Å². The molecule has 0 saturated carbocycles. The number of hydrogen-bond donors (Lipinski definition) is 6. The lowest BCUT2D eigenvalue weighted by Crippen LogP contribution is -2.54. The van der Waals surface area contributed by atoms with Crippen LogP contribution in [-0.2, 0) is 83.6 Å². The molecule has 0 saturated heterocycles. The fourth-order valence-corrected chi connectivity index (χ4v) is 9.37. The predicted octanol–water partition coefficient (Wildman–Crippen LogP) is 2.27. The summed E-state index contributed by atoms with van der Waals surface area (Å²) < 4.78 is 33.4. The summed E-state index contributed by atoms with van der Waals surface area (Å²) in [5.41, 5.74) is 1.40. The van der Waals surface area contributed by atoms with Crippen LogP contribution in [0.15, 0.2) is 65.5 Å². The summed E-state index contributed by atoms with van der Waals surface area (Å²) in [7, 11) is 0. The fraction of sp³-hybridized carbons (Fsp3) is 0.456. The van der Waals surface area contributed by atoms with Crippen molar-refractivity contribution in [2.45, 2.75) is 143 Å². The van der Waals surface area contributed by atoms with Gasteiger partial charge in [-0.15, -0.1) is 0 Å². The van der Waals surface area contributed by atoms with Crippen molar-refractivity contribution in [1.82, 2.24) is 45.9 Å². The Balaban J connectivity index is 0.867. The van der Waals surface area contributed by atoms with Gasteiger partial charge < -0.3 is 55.4 Å². The van der Waals surface area contributed by atoms with Crippen molar-refractivity contribution in [2.75, 3.05) is 26.5 Å². The average molecular weight is 1120 g/mol. The van der Waals surface area contributed by atoms with Crippen molar-refractivity contribution >= 4 is 64.1 Å². The van der Waals surface area contributed by atoms with E-state index in [0.717, 1.165) is 22.6 Å². The number of aliphatic hydroxyl groups excluding tert-OH is 1. The van der Waals surface area contributed by atoms with Crippen LogP contribution in [0.5, 0.6) is 0 Å². The van der Waals surface area contributed by atoms with E-state index in [9.17, 15) is 53.1 Å². The molecule has 4 aromatic rings. The van der Waals surface area contributed by atoms with Crippen LogP contribution in [0, 0.1) is 12.7 Å². The van der Waals surface area contributed by atoms with Crippen molar-refractivity contribution in [3.05, 3.63) is 110 Å². The van der Waals surface area contributed by atoms with Crippen molar-refractivity contribution < 1.29 is 66.9 Å². The van der Waals surface area contributed by atoms with E-state index in [2.05, 4.69) is 26.6 Å². The van der Waals surface area contributed by atoms with E-state index in [1.54, 1.807) is 26.8 Å². The molecule has 24 heteroatoms. The van der Waals surface area contributed by atoms with E-state index in [1.165, 1.54) is 42.4 Å². The highest BCUT2D eigenvalue weighted by Crippen LogP contribution is 2.39. The Morgan fingerprint density at radius 1 is 0.840 bits per heavy atom. The zero-order chi connectivity index (χ0) is 59.1. The minimum absolute atomic E-state index is 0.00547. The summed E-state index contributed by atoms with van der Waals surface area (Å²) >= 11 is 0. The van der Waals surface area contributed by atoms with Crippen LogP contribution in [-0.4, -0.2) is 133 Å². The van der Waals surface area contributed by atoms with E-state index in [1.807, 2.05) is 44.2 Å². The van der Waals surface area contributed by atoms with Gasteiger partial charge >= 0.3 is 5.97 Å². The SMILES string of the molecule is Cc1cc2c(CN(Cc3ccccc3)C(=O)COCNC(=O)[C@H](C)NC(=O)[C@@H](C)NC(=O)[C@H](C)NC(=O)CCC(C)(C)OCCC(C)(C)NC(=O)CCN3C(=O)C=CC3=O)c3c(nc2cc1F)-c1cc2c(c(=O)n1C3)COC(=O)[C@H]2O. The number of fused-ring (bicyclic) bond motifs is 5. The molecule has 3 aliphatic heterocycles. The molecule has 432 valence electrons. The van der Waals surface area contributed by atoms with Crippen LogP contribution in [0.4, 0.5) is 4.39 Å². The van der Waals surface area contributed by atoms with E-state index in [-0.39, 0.29) is 81.2 Å². The topological polar surface area (TPSA) is 303 Å². The lowest BCUT2D eigenvalue weighted by Gasteiger charge is -2.30. The van der Waals surface area contributed by atoms with E-state index >= 15 is 4.39 Å². The predicted molar refractivity (Wildman–Crippen MR) is 289 cm³/mol. The molecule has 8 amide bonds. The third-order valence-electron chi connectivity index (χ3n) is 14.2. The zero-order valence-corrected chi connectivity index (χ0v) is 46.5. The molecule has 3 aliphatic rings. The first-order chi connectivity index (χ1) is 38.2. The van der Waals surface area contributed by atoms with Crippen LogP contribution in [0.25, 0.3) is 22.3 Å². The Labute approximate surface area is 466 Å². The number of pyridine rings is 2. The second-order valence-corrected chi connectivity index (χ2v) is 21.6. The number of aliphatic hydroxyl groups is 1. The summed E-state index contributed by atoms with van der Waals surface area (Å²) in [6, 6.07) is 10.3. The molecular formula is C57H68FN9O14. The first kappa shape index (κ1) is 60.4. The van der Waals surface area contributed by atoms with Gasteiger partial charge in [0.15, 0.2) is 6.10 Å². The number of nitrogens with zero attached hydrogens (tertiary/aromatic N) is 4. The summed E-state index contributed by atoms with van der Waals surface area (Å²) in [4.78, 5) is 136. The van der Waals surface area contributed by atoms with Crippen molar-refractivity contribution in [3.63, 3.8) is 0 Å². The molecule has 4 atom stereocenters. The minimum Gasteiger partial charge on any atom is -0.458 e. The van der Waals surface area contributed by atoms with Gasteiger partial charge in [-0.3, -0.25) is 48.1 Å². The molecule has 2 aromatic carbocycles.